The van der Waals surface area contributed by atoms with Gasteiger partial charge in [-0.2, -0.15) is 0 Å². The van der Waals surface area contributed by atoms with Gasteiger partial charge in [0.1, 0.15) is 0 Å². The van der Waals surface area contributed by atoms with Crippen molar-refractivity contribution in [2.45, 2.75) is 31.9 Å². The van der Waals surface area contributed by atoms with Crippen LogP contribution < -0.4 is 10.2 Å². The van der Waals surface area contributed by atoms with E-state index in [1.165, 1.54) is 5.56 Å². The number of benzene rings is 2. The number of aliphatic hydroxyl groups is 1. The van der Waals surface area contributed by atoms with Crippen LogP contribution in [0.15, 0.2) is 54.6 Å². The summed E-state index contributed by atoms with van der Waals surface area (Å²) in [7, 11) is 2.08. The van der Waals surface area contributed by atoms with Crippen LogP contribution in [0, 0.1) is 0 Å². The van der Waals surface area contributed by atoms with Crippen molar-refractivity contribution in [1.82, 2.24) is 10.2 Å². The minimum atomic E-state index is -0.229. The molecule has 2 aromatic carbocycles. The smallest absolute Gasteiger partial charge is 0.251 e. The monoisotopic (exact) mass is 381 g/mol. The normalized spacial score (nSPS) is 18.0. The third-order valence-electron chi connectivity index (χ3n) is 5.38. The number of amides is 1. The number of β-amino-alcohol motifs (C(OH)–C–C–N with tert-alkyl or cyclic N) is 1. The van der Waals surface area contributed by atoms with Crippen LogP contribution in [-0.2, 0) is 0 Å². The van der Waals surface area contributed by atoms with Crippen LogP contribution in [0.5, 0.6) is 0 Å². The van der Waals surface area contributed by atoms with Gasteiger partial charge in [-0.3, -0.25) is 9.69 Å². The van der Waals surface area contributed by atoms with Crippen molar-refractivity contribution < 1.29 is 9.90 Å². The van der Waals surface area contributed by atoms with Gasteiger partial charge in [0.2, 0.25) is 0 Å². The molecule has 1 aliphatic rings. The number of carbonyl (C=O) groups excluding carboxylic acids is 1. The van der Waals surface area contributed by atoms with Crippen LogP contribution >= 0.6 is 0 Å². The highest BCUT2D eigenvalue weighted by molar-refractivity contribution is 5.95. The number of hydrogen-bond donors (Lipinski definition) is 2. The Morgan fingerprint density at radius 3 is 2.71 bits per heavy atom. The number of nitrogens with zero attached hydrogens (tertiary/aromatic N) is 2. The topological polar surface area (TPSA) is 55.8 Å². The highest BCUT2D eigenvalue weighted by Gasteiger charge is 2.26. The maximum absolute atomic E-state index is 12.4. The van der Waals surface area contributed by atoms with Crippen LogP contribution in [-0.4, -0.2) is 55.2 Å². The summed E-state index contributed by atoms with van der Waals surface area (Å²) >= 11 is 0. The maximum Gasteiger partial charge on any atom is 0.251 e. The van der Waals surface area contributed by atoms with E-state index in [0.717, 1.165) is 38.2 Å². The molecule has 1 fully saturated rings. The van der Waals surface area contributed by atoms with Crippen molar-refractivity contribution in [3.05, 3.63) is 65.7 Å². The molecule has 0 unspecified atom stereocenters. The number of anilines is 1. The summed E-state index contributed by atoms with van der Waals surface area (Å²) in [6, 6.07) is 18.4. The lowest BCUT2D eigenvalue weighted by Crippen LogP contribution is -2.36. The lowest BCUT2D eigenvalue weighted by Gasteiger charge is -2.34. The highest BCUT2D eigenvalue weighted by Crippen LogP contribution is 2.28. The molecule has 0 radical (unpaired) electrons. The molecular formula is C23H31N3O2. The summed E-state index contributed by atoms with van der Waals surface area (Å²) in [5.41, 5.74) is 2.92. The average molecular weight is 382 g/mol. The van der Waals surface area contributed by atoms with E-state index in [0.29, 0.717) is 12.1 Å². The number of likely N-dealkylation sites (N-methyl/N-ethyl adjacent to an activating group) is 1. The van der Waals surface area contributed by atoms with E-state index in [9.17, 15) is 9.90 Å². The molecule has 0 aromatic heterocycles. The van der Waals surface area contributed by atoms with E-state index >= 15 is 0 Å². The number of rotatable bonds is 8. The predicted octanol–water partition coefficient (Wildman–Crippen LogP) is 3.07. The molecule has 2 N–H and O–H groups in total. The molecule has 5 heteroatoms. The minimum Gasteiger partial charge on any atom is -0.392 e. The number of hydrogen-bond acceptors (Lipinski definition) is 4. The number of likely N-dealkylation sites (tertiary alicyclic amines) is 1. The first kappa shape index (κ1) is 20.4. The van der Waals surface area contributed by atoms with Gasteiger partial charge in [-0.25, -0.2) is 0 Å². The molecule has 0 aliphatic carbocycles. The Balaban J connectivity index is 1.82. The summed E-state index contributed by atoms with van der Waals surface area (Å²) in [5.74, 6) is -0.0315. The van der Waals surface area contributed by atoms with Gasteiger partial charge in [-0.05, 0) is 36.6 Å². The minimum absolute atomic E-state index is 0.0315. The number of aliphatic hydroxyl groups excluding tert-OH is 1. The van der Waals surface area contributed by atoms with Gasteiger partial charge in [0.25, 0.3) is 5.91 Å². The molecule has 0 spiro atoms. The Labute approximate surface area is 168 Å². The van der Waals surface area contributed by atoms with Gasteiger partial charge in [-0.15, -0.1) is 0 Å². The molecule has 3 rings (SSSR count). The van der Waals surface area contributed by atoms with E-state index in [-0.39, 0.29) is 18.1 Å². The van der Waals surface area contributed by atoms with E-state index < -0.39 is 0 Å². The highest BCUT2D eigenvalue weighted by atomic mass is 16.3. The van der Waals surface area contributed by atoms with Gasteiger partial charge >= 0.3 is 0 Å². The van der Waals surface area contributed by atoms with Crippen LogP contribution in [0.4, 0.5) is 5.69 Å². The maximum atomic E-state index is 12.4. The first-order valence-electron chi connectivity index (χ1n) is 10.1. The van der Waals surface area contributed by atoms with Gasteiger partial charge in [0.05, 0.1) is 12.1 Å². The van der Waals surface area contributed by atoms with Crippen molar-refractivity contribution in [3.63, 3.8) is 0 Å². The molecule has 1 saturated heterocycles. The zero-order valence-corrected chi connectivity index (χ0v) is 16.8. The van der Waals surface area contributed by atoms with Crippen molar-refractivity contribution in [3.8, 4) is 0 Å². The van der Waals surface area contributed by atoms with Crippen molar-refractivity contribution in [1.29, 1.82) is 0 Å². The summed E-state index contributed by atoms with van der Waals surface area (Å²) in [4.78, 5) is 16.9. The Morgan fingerprint density at radius 2 is 2.04 bits per heavy atom. The predicted molar refractivity (Wildman–Crippen MR) is 114 cm³/mol. The van der Waals surface area contributed by atoms with Crippen molar-refractivity contribution in [2.24, 2.45) is 0 Å². The Bertz CT molecular complexity index is 765. The summed E-state index contributed by atoms with van der Waals surface area (Å²) in [6.07, 6.45) is 1.52. The lowest BCUT2D eigenvalue weighted by molar-refractivity contribution is 0.0953. The van der Waals surface area contributed by atoms with Crippen LogP contribution in [0.1, 0.15) is 41.7 Å². The number of carbonyl (C=O) groups is 1. The molecule has 0 saturated carbocycles. The van der Waals surface area contributed by atoms with E-state index in [1.54, 1.807) is 0 Å². The zero-order valence-electron chi connectivity index (χ0n) is 16.8. The molecule has 2 aromatic rings. The molecule has 5 nitrogen and oxygen atoms in total. The van der Waals surface area contributed by atoms with Crippen LogP contribution in [0.25, 0.3) is 0 Å². The third kappa shape index (κ3) is 5.12. The molecule has 1 heterocycles. The SMILES string of the molecule is CCCNC(=O)c1cccc(N(C)[C@H](CN2CC[C@H](O)C2)c2ccccc2)c1. The van der Waals surface area contributed by atoms with Crippen LogP contribution in [0.3, 0.4) is 0 Å². The van der Waals surface area contributed by atoms with Gasteiger partial charge in [-0.1, -0.05) is 43.3 Å². The van der Waals surface area contributed by atoms with E-state index in [1.807, 2.05) is 37.3 Å². The van der Waals surface area contributed by atoms with Gasteiger partial charge in [0.15, 0.2) is 0 Å². The molecule has 2 atom stereocenters. The molecule has 1 aliphatic heterocycles. The summed E-state index contributed by atoms with van der Waals surface area (Å²) < 4.78 is 0. The summed E-state index contributed by atoms with van der Waals surface area (Å²) in [6.45, 7) is 5.20. The fourth-order valence-electron chi connectivity index (χ4n) is 3.74. The van der Waals surface area contributed by atoms with Gasteiger partial charge < -0.3 is 15.3 Å². The zero-order chi connectivity index (χ0) is 19.9. The van der Waals surface area contributed by atoms with E-state index in [4.69, 9.17) is 0 Å². The molecule has 0 bridgehead atoms. The third-order valence-corrected chi connectivity index (χ3v) is 5.38. The van der Waals surface area contributed by atoms with Gasteiger partial charge in [0, 0.05) is 44.5 Å². The average Bonchev–Trinajstić information content (AvgIpc) is 3.15. The second kappa shape index (κ2) is 9.71. The fraction of sp³-hybridized carbons (Fsp3) is 0.435. The summed E-state index contributed by atoms with van der Waals surface area (Å²) in [5, 5.41) is 12.9. The Hall–Kier alpha value is -2.37. The first-order chi connectivity index (χ1) is 13.6. The first-order valence-corrected chi connectivity index (χ1v) is 10.1. The lowest BCUT2D eigenvalue weighted by atomic mass is 10.0. The fourth-order valence-corrected chi connectivity index (χ4v) is 3.74. The molecule has 150 valence electrons. The van der Waals surface area contributed by atoms with Crippen molar-refractivity contribution in [2.75, 3.05) is 38.1 Å². The van der Waals surface area contributed by atoms with Crippen molar-refractivity contribution >= 4 is 11.6 Å². The quantitative estimate of drug-likeness (QED) is 0.738. The molecular weight excluding hydrogens is 350 g/mol. The number of nitrogens with one attached hydrogen (secondary N) is 1. The largest absolute Gasteiger partial charge is 0.392 e. The second-order valence-corrected chi connectivity index (χ2v) is 7.55. The molecule has 1 amide bonds. The molecule has 28 heavy (non-hydrogen) atoms. The van der Waals surface area contributed by atoms with E-state index in [2.05, 4.69) is 46.4 Å². The standard InChI is InChI=1S/C23H31N3O2/c1-3-13-24-23(28)19-10-7-11-20(15-19)25(2)22(18-8-5-4-6-9-18)17-26-14-12-21(27)16-26/h4-11,15,21-22,27H,3,12-14,16-17H2,1-2H3,(H,24,28)/t21-,22+/m0/s1. The second-order valence-electron chi connectivity index (χ2n) is 7.55. The Morgan fingerprint density at radius 1 is 1.25 bits per heavy atom. The Kier molecular flexibility index (Phi) is 7.06. The van der Waals surface area contributed by atoms with Crippen LogP contribution in [0.2, 0.25) is 0 Å².